The number of nitrogens with zero attached hydrogens (tertiary/aromatic N) is 3. The molecule has 1 aliphatic heterocycles. The highest BCUT2D eigenvalue weighted by atomic mass is 16.6. The lowest BCUT2D eigenvalue weighted by atomic mass is 10.0. The third-order valence-corrected chi connectivity index (χ3v) is 5.65. The summed E-state index contributed by atoms with van der Waals surface area (Å²) in [6.45, 7) is 14.2. The molecule has 35 heavy (non-hydrogen) atoms. The average molecular weight is 481 g/mol. The van der Waals surface area contributed by atoms with Gasteiger partial charge in [-0.2, -0.15) is 0 Å². The number of fused-ring (bicyclic) bond motifs is 1. The van der Waals surface area contributed by atoms with Crippen molar-refractivity contribution in [3.05, 3.63) is 58.9 Å². The van der Waals surface area contributed by atoms with Gasteiger partial charge in [0.15, 0.2) is 0 Å². The Bertz CT molecular complexity index is 1200. The minimum absolute atomic E-state index is 0.0722. The minimum atomic E-state index is -0.407. The molecular formula is C27H36N4O4. The van der Waals surface area contributed by atoms with Crippen molar-refractivity contribution in [1.82, 2.24) is 19.6 Å². The predicted octanol–water partition coefficient (Wildman–Crippen LogP) is 4.54. The number of hydrogen-bond acceptors (Lipinski definition) is 5. The van der Waals surface area contributed by atoms with Gasteiger partial charge in [0.1, 0.15) is 11.2 Å². The van der Waals surface area contributed by atoms with Gasteiger partial charge in [0.2, 0.25) is 0 Å². The highest BCUT2D eigenvalue weighted by Gasteiger charge is 2.23. The molecule has 2 aromatic heterocycles. The van der Waals surface area contributed by atoms with Gasteiger partial charge in [0, 0.05) is 43.2 Å². The fourth-order valence-corrected chi connectivity index (χ4v) is 3.81. The molecule has 1 fully saturated rings. The second-order valence-corrected chi connectivity index (χ2v) is 9.67. The first kappa shape index (κ1) is 26.2. The number of carbonyl (C=O) groups is 2. The van der Waals surface area contributed by atoms with E-state index in [2.05, 4.69) is 35.7 Å². The summed E-state index contributed by atoms with van der Waals surface area (Å²) in [4.78, 5) is 29.6. The Morgan fingerprint density at radius 2 is 1.74 bits per heavy atom. The van der Waals surface area contributed by atoms with Gasteiger partial charge in [0.05, 0.1) is 18.9 Å². The molecule has 8 nitrogen and oxygen atoms in total. The number of nitrogens with one attached hydrogen (secondary N) is 1. The number of aryl methyl sites for hydroxylation is 3. The SMILES string of the molecule is CC(C)(C)OC(=O)N1CCOCC1.CNC(=O)c1ccc(-c2nc3cc(C)ccn3c2C)c(C)c1. The van der Waals surface area contributed by atoms with Crippen LogP contribution in [0.2, 0.25) is 0 Å². The Labute approximate surface area is 207 Å². The van der Waals surface area contributed by atoms with Crippen molar-refractivity contribution in [1.29, 1.82) is 0 Å². The molecule has 0 spiro atoms. The summed E-state index contributed by atoms with van der Waals surface area (Å²) in [6, 6.07) is 9.87. The van der Waals surface area contributed by atoms with Crippen molar-refractivity contribution in [3.63, 3.8) is 0 Å². The molecule has 1 N–H and O–H groups in total. The fourth-order valence-electron chi connectivity index (χ4n) is 3.81. The number of rotatable bonds is 2. The van der Waals surface area contributed by atoms with Gasteiger partial charge in [-0.1, -0.05) is 6.07 Å². The number of pyridine rings is 1. The standard InChI is InChI=1S/C18H19N3O.C9H17NO3/c1-11-7-8-21-13(3)17(20-16(21)9-11)15-6-5-14(10-12(15)2)18(22)19-4;1-9(2,3)13-8(11)10-4-6-12-7-5-10/h5-10H,1-4H3,(H,19,22);4-7H2,1-3H3. The third-order valence-electron chi connectivity index (χ3n) is 5.65. The van der Waals surface area contributed by atoms with Gasteiger partial charge in [-0.25, -0.2) is 9.78 Å². The Hall–Kier alpha value is -3.39. The highest BCUT2D eigenvalue weighted by Crippen LogP contribution is 2.27. The van der Waals surface area contributed by atoms with Crippen LogP contribution in [0, 0.1) is 20.8 Å². The van der Waals surface area contributed by atoms with E-state index < -0.39 is 5.60 Å². The topological polar surface area (TPSA) is 85.2 Å². The first-order valence-electron chi connectivity index (χ1n) is 11.8. The number of ether oxygens (including phenoxy) is 2. The quantitative estimate of drug-likeness (QED) is 0.582. The van der Waals surface area contributed by atoms with Crippen molar-refractivity contribution >= 4 is 17.6 Å². The lowest BCUT2D eigenvalue weighted by Gasteiger charge is -2.29. The molecule has 0 aliphatic carbocycles. The number of imidazole rings is 1. The van der Waals surface area contributed by atoms with E-state index in [-0.39, 0.29) is 12.0 Å². The van der Waals surface area contributed by atoms with Crippen molar-refractivity contribution in [3.8, 4) is 11.3 Å². The largest absolute Gasteiger partial charge is 0.444 e. The number of benzene rings is 1. The van der Waals surface area contributed by atoms with Crippen LogP contribution in [0.3, 0.4) is 0 Å². The maximum absolute atomic E-state index is 11.7. The monoisotopic (exact) mass is 480 g/mol. The van der Waals surface area contributed by atoms with E-state index in [0.29, 0.717) is 31.9 Å². The molecule has 3 heterocycles. The van der Waals surface area contributed by atoms with E-state index in [0.717, 1.165) is 28.2 Å². The lowest BCUT2D eigenvalue weighted by Crippen LogP contribution is -2.43. The zero-order valence-corrected chi connectivity index (χ0v) is 21.8. The maximum atomic E-state index is 11.7. The Morgan fingerprint density at radius 3 is 2.34 bits per heavy atom. The van der Waals surface area contributed by atoms with Gasteiger partial charge in [-0.15, -0.1) is 0 Å². The van der Waals surface area contributed by atoms with E-state index in [1.54, 1.807) is 11.9 Å². The molecule has 4 rings (SSSR count). The van der Waals surface area contributed by atoms with Crippen LogP contribution in [0.5, 0.6) is 0 Å². The zero-order chi connectivity index (χ0) is 25.8. The second-order valence-electron chi connectivity index (χ2n) is 9.67. The van der Waals surface area contributed by atoms with E-state index >= 15 is 0 Å². The molecule has 0 saturated carbocycles. The minimum Gasteiger partial charge on any atom is -0.444 e. The molecule has 0 radical (unpaired) electrons. The average Bonchev–Trinajstić information content (AvgIpc) is 3.13. The molecule has 1 saturated heterocycles. The summed E-state index contributed by atoms with van der Waals surface area (Å²) in [5, 5.41) is 2.65. The smallest absolute Gasteiger partial charge is 0.410 e. The molecule has 8 heteroatoms. The molecule has 0 unspecified atom stereocenters. The summed E-state index contributed by atoms with van der Waals surface area (Å²) in [6.07, 6.45) is 1.81. The zero-order valence-electron chi connectivity index (χ0n) is 21.8. The second kappa shape index (κ2) is 10.9. The van der Waals surface area contributed by atoms with E-state index in [1.165, 1.54) is 5.56 Å². The Morgan fingerprint density at radius 1 is 1.06 bits per heavy atom. The molecule has 188 valence electrons. The van der Waals surface area contributed by atoms with Gasteiger partial charge < -0.3 is 24.1 Å². The van der Waals surface area contributed by atoms with Crippen LogP contribution in [-0.4, -0.2) is 65.2 Å². The first-order valence-corrected chi connectivity index (χ1v) is 11.8. The van der Waals surface area contributed by atoms with Crippen LogP contribution in [0.4, 0.5) is 4.79 Å². The number of aromatic nitrogens is 2. The van der Waals surface area contributed by atoms with Crippen LogP contribution in [0.25, 0.3) is 16.9 Å². The van der Waals surface area contributed by atoms with Crippen LogP contribution < -0.4 is 5.32 Å². The normalized spacial score (nSPS) is 13.7. The summed E-state index contributed by atoms with van der Waals surface area (Å²) in [7, 11) is 1.64. The maximum Gasteiger partial charge on any atom is 0.410 e. The molecular weight excluding hydrogens is 444 g/mol. The van der Waals surface area contributed by atoms with Crippen LogP contribution >= 0.6 is 0 Å². The fraction of sp³-hybridized carbons (Fsp3) is 0.444. The van der Waals surface area contributed by atoms with Gasteiger partial charge in [0.25, 0.3) is 5.91 Å². The van der Waals surface area contributed by atoms with Crippen molar-refractivity contribution in [2.75, 3.05) is 33.4 Å². The van der Waals surface area contributed by atoms with E-state index in [1.807, 2.05) is 52.1 Å². The van der Waals surface area contributed by atoms with E-state index in [9.17, 15) is 9.59 Å². The first-order chi connectivity index (χ1) is 16.5. The number of carbonyl (C=O) groups excluding carboxylic acids is 2. The van der Waals surface area contributed by atoms with Crippen molar-refractivity contribution in [2.45, 2.75) is 47.1 Å². The van der Waals surface area contributed by atoms with Crippen molar-refractivity contribution < 1.29 is 19.1 Å². The summed E-state index contributed by atoms with van der Waals surface area (Å²) in [5.74, 6) is -0.0722. The number of morpholine rings is 1. The molecule has 2 amide bonds. The molecule has 1 aromatic carbocycles. The highest BCUT2D eigenvalue weighted by molar-refractivity contribution is 5.94. The summed E-state index contributed by atoms with van der Waals surface area (Å²) >= 11 is 0. The lowest BCUT2D eigenvalue weighted by molar-refractivity contribution is -0.00677. The molecule has 1 aliphatic rings. The number of amides is 2. The van der Waals surface area contributed by atoms with Gasteiger partial charge in [-0.3, -0.25) is 4.79 Å². The number of hydrogen-bond donors (Lipinski definition) is 1. The van der Waals surface area contributed by atoms with Crippen LogP contribution in [0.15, 0.2) is 36.5 Å². The van der Waals surface area contributed by atoms with Crippen LogP contribution in [-0.2, 0) is 9.47 Å². The molecule has 0 bridgehead atoms. The van der Waals surface area contributed by atoms with Crippen LogP contribution in [0.1, 0.15) is 48.0 Å². The van der Waals surface area contributed by atoms with E-state index in [4.69, 9.17) is 14.5 Å². The third kappa shape index (κ3) is 6.60. The van der Waals surface area contributed by atoms with Gasteiger partial charge in [-0.05, 0) is 76.9 Å². The summed E-state index contributed by atoms with van der Waals surface area (Å²) < 4.78 is 12.4. The summed E-state index contributed by atoms with van der Waals surface area (Å²) in [5.41, 5.74) is 6.57. The molecule has 3 aromatic rings. The van der Waals surface area contributed by atoms with Crippen molar-refractivity contribution in [2.24, 2.45) is 0 Å². The molecule has 0 atom stereocenters. The van der Waals surface area contributed by atoms with Gasteiger partial charge >= 0.3 is 6.09 Å². The Kier molecular flexibility index (Phi) is 8.17. The predicted molar refractivity (Wildman–Crippen MR) is 137 cm³/mol. The Balaban J connectivity index is 0.000000225.